The lowest BCUT2D eigenvalue weighted by Crippen LogP contribution is -2.52. The monoisotopic (exact) mass is 343 g/mol. The van der Waals surface area contributed by atoms with Crippen LogP contribution < -0.4 is 5.73 Å². The van der Waals surface area contributed by atoms with Crippen LogP contribution in [0.1, 0.15) is 28.8 Å². The molecule has 0 spiro atoms. The number of anilines is 1. The number of nitrogens with two attached hydrogens (primary N) is 1. The highest BCUT2D eigenvalue weighted by Gasteiger charge is 2.35. The molecule has 1 aromatic carbocycles. The summed E-state index contributed by atoms with van der Waals surface area (Å²) in [5, 5.41) is 0. The maximum atomic E-state index is 13.2. The molecule has 0 aliphatic carbocycles. The lowest BCUT2D eigenvalue weighted by atomic mass is 9.92. The standard InChI is InChI=1S/C19H22FN3O2/c1-25-17-5-3-11-23(19(24)15-4-2-10-22-18(15)21)16(17)12-13-6-8-14(20)9-7-13/h2,4,6-10,16-17H,3,5,11-12H2,1H3,(H2,21,22)/t16-,17-/m0/s1. The van der Waals surface area contributed by atoms with E-state index in [2.05, 4.69) is 4.98 Å². The van der Waals surface area contributed by atoms with Gasteiger partial charge in [-0.2, -0.15) is 0 Å². The molecule has 25 heavy (non-hydrogen) atoms. The van der Waals surface area contributed by atoms with Gasteiger partial charge in [0.15, 0.2) is 0 Å². The van der Waals surface area contributed by atoms with E-state index in [0.29, 0.717) is 18.5 Å². The number of ether oxygens (including phenoxy) is 1. The zero-order valence-electron chi connectivity index (χ0n) is 14.2. The van der Waals surface area contributed by atoms with Gasteiger partial charge in [-0.15, -0.1) is 0 Å². The van der Waals surface area contributed by atoms with E-state index < -0.39 is 0 Å². The first-order valence-electron chi connectivity index (χ1n) is 8.39. The summed E-state index contributed by atoms with van der Waals surface area (Å²) in [6.45, 7) is 0.638. The van der Waals surface area contributed by atoms with Crippen molar-refractivity contribution in [1.29, 1.82) is 0 Å². The third kappa shape index (κ3) is 3.79. The normalized spacial score (nSPS) is 20.5. The van der Waals surface area contributed by atoms with Crippen molar-refractivity contribution in [3.63, 3.8) is 0 Å². The Morgan fingerprint density at radius 3 is 2.80 bits per heavy atom. The summed E-state index contributed by atoms with van der Waals surface area (Å²) in [5.74, 6) is -0.182. The smallest absolute Gasteiger partial charge is 0.257 e. The van der Waals surface area contributed by atoms with E-state index in [0.717, 1.165) is 18.4 Å². The Morgan fingerprint density at radius 1 is 1.36 bits per heavy atom. The summed E-state index contributed by atoms with van der Waals surface area (Å²) >= 11 is 0. The van der Waals surface area contributed by atoms with E-state index in [1.807, 2.05) is 4.90 Å². The molecule has 0 unspecified atom stereocenters. The van der Waals surface area contributed by atoms with Gasteiger partial charge in [0.2, 0.25) is 0 Å². The maximum absolute atomic E-state index is 13.2. The molecule has 1 saturated heterocycles. The van der Waals surface area contributed by atoms with E-state index in [1.54, 1.807) is 37.6 Å². The van der Waals surface area contributed by atoms with Crippen LogP contribution in [0.2, 0.25) is 0 Å². The van der Waals surface area contributed by atoms with E-state index in [4.69, 9.17) is 10.5 Å². The van der Waals surface area contributed by atoms with Crippen molar-refractivity contribution in [2.24, 2.45) is 0 Å². The molecule has 2 atom stereocenters. The predicted octanol–water partition coefficient (Wildman–Crippen LogP) is 2.67. The SMILES string of the molecule is CO[C@H]1CCCN(C(=O)c2cccnc2N)[C@H]1Cc1ccc(F)cc1. The third-order valence-corrected chi connectivity index (χ3v) is 4.71. The Hall–Kier alpha value is -2.47. The predicted molar refractivity (Wildman–Crippen MR) is 93.6 cm³/mol. The number of rotatable bonds is 4. The van der Waals surface area contributed by atoms with Gasteiger partial charge in [-0.1, -0.05) is 12.1 Å². The number of carbonyl (C=O) groups excluding carboxylic acids is 1. The van der Waals surface area contributed by atoms with Crippen molar-refractivity contribution >= 4 is 11.7 Å². The number of nitrogen functional groups attached to an aromatic ring is 1. The van der Waals surface area contributed by atoms with Crippen molar-refractivity contribution in [1.82, 2.24) is 9.88 Å². The molecule has 0 radical (unpaired) electrons. The fourth-order valence-electron chi connectivity index (χ4n) is 3.41. The van der Waals surface area contributed by atoms with Gasteiger partial charge in [-0.25, -0.2) is 9.37 Å². The number of amides is 1. The Kier molecular flexibility index (Phi) is 5.28. The van der Waals surface area contributed by atoms with Gasteiger partial charge in [0.25, 0.3) is 5.91 Å². The van der Waals surface area contributed by atoms with Crippen LogP contribution in [0.3, 0.4) is 0 Å². The van der Waals surface area contributed by atoms with E-state index in [9.17, 15) is 9.18 Å². The largest absolute Gasteiger partial charge is 0.383 e. The molecule has 3 rings (SSSR count). The second-order valence-electron chi connectivity index (χ2n) is 6.25. The van der Waals surface area contributed by atoms with Gasteiger partial charge in [0.05, 0.1) is 17.7 Å². The number of methoxy groups -OCH3 is 1. The molecule has 5 nitrogen and oxygen atoms in total. The van der Waals surface area contributed by atoms with Gasteiger partial charge in [-0.3, -0.25) is 4.79 Å². The number of halogens is 1. The summed E-state index contributed by atoms with van der Waals surface area (Å²) in [6, 6.07) is 9.63. The molecule has 1 amide bonds. The van der Waals surface area contributed by atoms with Crippen molar-refractivity contribution in [2.75, 3.05) is 19.4 Å². The second-order valence-corrected chi connectivity index (χ2v) is 6.25. The third-order valence-electron chi connectivity index (χ3n) is 4.71. The number of likely N-dealkylation sites (tertiary alicyclic amines) is 1. The molecule has 0 saturated carbocycles. The average Bonchev–Trinajstić information content (AvgIpc) is 2.63. The number of pyridine rings is 1. The Bertz CT molecular complexity index is 736. The highest BCUT2D eigenvalue weighted by Crippen LogP contribution is 2.26. The summed E-state index contributed by atoms with van der Waals surface area (Å²) in [4.78, 5) is 18.9. The minimum absolute atomic E-state index is 0.0688. The second kappa shape index (κ2) is 7.61. The zero-order chi connectivity index (χ0) is 17.8. The minimum atomic E-state index is -0.272. The van der Waals surface area contributed by atoms with Gasteiger partial charge in [0, 0.05) is 19.9 Å². The summed E-state index contributed by atoms with van der Waals surface area (Å²) in [5.41, 5.74) is 7.25. The van der Waals surface area contributed by atoms with Gasteiger partial charge >= 0.3 is 0 Å². The van der Waals surface area contributed by atoms with Gasteiger partial charge < -0.3 is 15.4 Å². The first-order valence-corrected chi connectivity index (χ1v) is 8.39. The zero-order valence-corrected chi connectivity index (χ0v) is 14.2. The minimum Gasteiger partial charge on any atom is -0.383 e. The fourth-order valence-corrected chi connectivity index (χ4v) is 3.41. The first kappa shape index (κ1) is 17.4. The Labute approximate surface area is 146 Å². The average molecular weight is 343 g/mol. The fraction of sp³-hybridized carbons (Fsp3) is 0.368. The highest BCUT2D eigenvalue weighted by molar-refractivity contribution is 5.98. The maximum Gasteiger partial charge on any atom is 0.257 e. The van der Waals surface area contributed by atoms with Gasteiger partial charge in [0.1, 0.15) is 11.6 Å². The molecular weight excluding hydrogens is 321 g/mol. The molecule has 2 heterocycles. The molecular formula is C19H22FN3O2. The topological polar surface area (TPSA) is 68.5 Å². The van der Waals surface area contributed by atoms with Crippen molar-refractivity contribution in [3.8, 4) is 0 Å². The number of nitrogens with zero attached hydrogens (tertiary/aromatic N) is 2. The number of hydrogen-bond donors (Lipinski definition) is 1. The van der Waals surface area contributed by atoms with Crippen LogP contribution in [0.25, 0.3) is 0 Å². The lowest BCUT2D eigenvalue weighted by molar-refractivity contribution is -0.0117. The van der Waals surface area contributed by atoms with Crippen LogP contribution in [-0.4, -0.2) is 41.6 Å². The molecule has 1 aliphatic rings. The summed E-state index contributed by atoms with van der Waals surface area (Å²) < 4.78 is 18.8. The Morgan fingerprint density at radius 2 is 2.12 bits per heavy atom. The quantitative estimate of drug-likeness (QED) is 0.927. The number of carbonyl (C=O) groups is 1. The van der Waals surface area contributed by atoms with Crippen LogP contribution in [0.4, 0.5) is 10.2 Å². The van der Waals surface area contributed by atoms with Crippen LogP contribution >= 0.6 is 0 Å². The number of aromatic nitrogens is 1. The molecule has 132 valence electrons. The molecule has 1 aliphatic heterocycles. The summed E-state index contributed by atoms with van der Waals surface area (Å²) in [7, 11) is 1.66. The molecule has 1 fully saturated rings. The molecule has 2 N–H and O–H groups in total. The van der Waals surface area contributed by atoms with Gasteiger partial charge in [-0.05, 0) is 49.1 Å². The lowest BCUT2D eigenvalue weighted by Gasteiger charge is -2.41. The molecule has 6 heteroatoms. The number of piperidine rings is 1. The molecule has 1 aromatic heterocycles. The van der Waals surface area contributed by atoms with Crippen molar-refractivity contribution < 1.29 is 13.9 Å². The summed E-state index contributed by atoms with van der Waals surface area (Å²) in [6.07, 6.45) is 3.85. The number of hydrogen-bond acceptors (Lipinski definition) is 4. The highest BCUT2D eigenvalue weighted by atomic mass is 19.1. The van der Waals surface area contributed by atoms with E-state index in [1.165, 1.54) is 12.1 Å². The van der Waals surface area contributed by atoms with Crippen LogP contribution in [-0.2, 0) is 11.2 Å². The van der Waals surface area contributed by atoms with Crippen molar-refractivity contribution in [2.45, 2.75) is 31.4 Å². The Balaban J connectivity index is 1.88. The molecule has 0 bridgehead atoms. The van der Waals surface area contributed by atoms with Crippen LogP contribution in [0.5, 0.6) is 0 Å². The van der Waals surface area contributed by atoms with Crippen molar-refractivity contribution in [3.05, 3.63) is 59.5 Å². The molecule has 2 aromatic rings. The number of benzene rings is 1. The van der Waals surface area contributed by atoms with E-state index in [-0.39, 0.29) is 29.7 Å². The van der Waals surface area contributed by atoms with Crippen LogP contribution in [0, 0.1) is 5.82 Å². The van der Waals surface area contributed by atoms with E-state index >= 15 is 0 Å². The van der Waals surface area contributed by atoms with Crippen LogP contribution in [0.15, 0.2) is 42.6 Å². The first-order chi connectivity index (χ1) is 12.1.